The van der Waals surface area contributed by atoms with Crippen molar-refractivity contribution in [3.8, 4) is 5.75 Å². The average Bonchev–Trinajstić information content (AvgIpc) is 3.32. The minimum atomic E-state index is -0.815. The number of benzene rings is 1. The van der Waals surface area contributed by atoms with E-state index in [-0.39, 0.29) is 17.4 Å². The molecule has 1 unspecified atom stereocenters. The third-order valence-electron chi connectivity index (χ3n) is 4.96. The molecule has 1 aromatic carbocycles. The van der Waals surface area contributed by atoms with Gasteiger partial charge in [0.15, 0.2) is 0 Å². The second kappa shape index (κ2) is 9.17. The first-order chi connectivity index (χ1) is 14.3. The number of methoxy groups -OCH3 is 1. The lowest BCUT2D eigenvalue weighted by atomic mass is 9.98. The van der Waals surface area contributed by atoms with Gasteiger partial charge in [-0.25, -0.2) is 0 Å². The van der Waals surface area contributed by atoms with Crippen molar-refractivity contribution in [2.45, 2.75) is 39.3 Å². The Morgan fingerprint density at radius 1 is 1.27 bits per heavy atom. The van der Waals surface area contributed by atoms with Crippen molar-refractivity contribution in [3.63, 3.8) is 0 Å². The number of carbonyl (C=O) groups is 2. The molecular formula is C23H27NO6. The number of hydrogen-bond acceptors (Lipinski definition) is 6. The molecule has 1 aliphatic rings. The van der Waals surface area contributed by atoms with Crippen LogP contribution in [0.2, 0.25) is 0 Å². The normalized spacial score (nSPS) is 18.4. The second-order valence-corrected chi connectivity index (χ2v) is 7.48. The monoisotopic (exact) mass is 413 g/mol. The molecule has 0 saturated carbocycles. The summed E-state index contributed by atoms with van der Waals surface area (Å²) in [4.78, 5) is 27.2. The van der Waals surface area contributed by atoms with Gasteiger partial charge in [0.05, 0.1) is 30.6 Å². The highest BCUT2D eigenvalue weighted by molar-refractivity contribution is 6.46. The van der Waals surface area contributed by atoms with Gasteiger partial charge < -0.3 is 23.9 Å². The molecule has 1 saturated heterocycles. The summed E-state index contributed by atoms with van der Waals surface area (Å²) in [6, 6.07) is 7.83. The van der Waals surface area contributed by atoms with Crippen molar-refractivity contribution in [1.82, 2.24) is 4.90 Å². The Hall–Kier alpha value is -3.06. The van der Waals surface area contributed by atoms with Gasteiger partial charge in [-0.1, -0.05) is 11.6 Å². The van der Waals surface area contributed by atoms with Crippen molar-refractivity contribution in [1.29, 1.82) is 0 Å². The van der Waals surface area contributed by atoms with Gasteiger partial charge in [0.25, 0.3) is 11.7 Å². The molecule has 0 aliphatic carbocycles. The molecule has 160 valence electrons. The summed E-state index contributed by atoms with van der Waals surface area (Å²) in [6.07, 6.45) is 2.11. The number of ether oxygens (including phenoxy) is 2. The van der Waals surface area contributed by atoms with Gasteiger partial charge in [0, 0.05) is 13.2 Å². The Labute approximate surface area is 175 Å². The van der Waals surface area contributed by atoms with Crippen LogP contribution in [0.15, 0.2) is 46.6 Å². The number of aliphatic hydroxyl groups is 1. The fourth-order valence-electron chi connectivity index (χ4n) is 3.56. The van der Waals surface area contributed by atoms with Crippen LogP contribution >= 0.6 is 0 Å². The SMILES string of the molecule is COc1ccc(C)cc1/C(O)=C1/C(=O)C(=O)N(CCCOC(C)C)C1c1ccco1. The van der Waals surface area contributed by atoms with E-state index in [2.05, 4.69) is 0 Å². The highest BCUT2D eigenvalue weighted by atomic mass is 16.5. The number of nitrogens with zero attached hydrogens (tertiary/aromatic N) is 1. The number of rotatable bonds is 8. The number of Topliss-reactive ketones (excluding diaryl/α,β-unsaturated/α-hetero) is 1. The van der Waals surface area contributed by atoms with Crippen LogP contribution in [0.25, 0.3) is 5.76 Å². The van der Waals surface area contributed by atoms with Crippen LogP contribution in [-0.2, 0) is 14.3 Å². The molecule has 1 aliphatic heterocycles. The van der Waals surface area contributed by atoms with Gasteiger partial charge in [-0.05, 0) is 51.5 Å². The van der Waals surface area contributed by atoms with Crippen molar-refractivity contribution in [2.24, 2.45) is 0 Å². The Morgan fingerprint density at radius 2 is 2.03 bits per heavy atom. The molecule has 0 bridgehead atoms. The molecule has 7 heteroatoms. The van der Waals surface area contributed by atoms with E-state index in [1.807, 2.05) is 26.8 Å². The third kappa shape index (κ3) is 4.26. The summed E-state index contributed by atoms with van der Waals surface area (Å²) < 4.78 is 16.4. The summed E-state index contributed by atoms with van der Waals surface area (Å²) in [7, 11) is 1.48. The minimum absolute atomic E-state index is 0.0105. The van der Waals surface area contributed by atoms with E-state index in [1.54, 1.807) is 24.3 Å². The molecule has 1 aromatic heterocycles. The first-order valence-electron chi connectivity index (χ1n) is 9.93. The van der Waals surface area contributed by atoms with Gasteiger partial charge in [-0.15, -0.1) is 0 Å². The van der Waals surface area contributed by atoms with Crippen molar-refractivity contribution >= 4 is 17.4 Å². The summed E-state index contributed by atoms with van der Waals surface area (Å²) in [5.74, 6) is -0.882. The summed E-state index contributed by atoms with van der Waals surface area (Å²) >= 11 is 0. The predicted octanol–water partition coefficient (Wildman–Crippen LogP) is 3.83. The summed E-state index contributed by atoms with van der Waals surface area (Å²) in [6.45, 7) is 6.49. The number of ketones is 1. The number of hydrogen-bond donors (Lipinski definition) is 1. The number of aryl methyl sites for hydroxylation is 1. The molecule has 1 fully saturated rings. The predicted molar refractivity (Wildman–Crippen MR) is 111 cm³/mol. The molecule has 2 heterocycles. The summed E-state index contributed by atoms with van der Waals surface area (Å²) in [5.41, 5.74) is 1.23. The Balaban J connectivity index is 2.04. The maximum Gasteiger partial charge on any atom is 0.295 e. The van der Waals surface area contributed by atoms with E-state index in [4.69, 9.17) is 13.9 Å². The van der Waals surface area contributed by atoms with Gasteiger partial charge in [0.2, 0.25) is 0 Å². The standard InChI is InChI=1S/C23H27NO6/c1-14(2)29-12-6-10-24-20(18-7-5-11-30-18)19(22(26)23(24)27)21(25)16-13-15(3)8-9-17(16)28-4/h5,7-9,11,13-14,20,25H,6,10,12H2,1-4H3/b21-19-. The van der Waals surface area contributed by atoms with Crippen molar-refractivity contribution in [2.75, 3.05) is 20.3 Å². The molecule has 3 rings (SSSR count). The molecule has 1 atom stereocenters. The number of amides is 1. The van der Waals surface area contributed by atoms with Gasteiger partial charge >= 0.3 is 0 Å². The highest BCUT2D eigenvalue weighted by Crippen LogP contribution is 2.41. The van der Waals surface area contributed by atoms with Crippen molar-refractivity contribution < 1.29 is 28.6 Å². The first kappa shape index (κ1) is 21.6. The lowest BCUT2D eigenvalue weighted by molar-refractivity contribution is -0.140. The van der Waals surface area contributed by atoms with E-state index in [1.165, 1.54) is 18.3 Å². The van der Waals surface area contributed by atoms with Crippen LogP contribution < -0.4 is 4.74 Å². The van der Waals surface area contributed by atoms with E-state index >= 15 is 0 Å². The van der Waals surface area contributed by atoms with E-state index in [9.17, 15) is 14.7 Å². The van der Waals surface area contributed by atoms with Crippen LogP contribution in [0.1, 0.15) is 43.2 Å². The van der Waals surface area contributed by atoms with Crippen LogP contribution in [-0.4, -0.2) is 48.1 Å². The first-order valence-corrected chi connectivity index (χ1v) is 9.93. The zero-order chi connectivity index (χ0) is 21.8. The molecule has 0 spiro atoms. The maximum atomic E-state index is 12.9. The Kier molecular flexibility index (Phi) is 6.62. The zero-order valence-corrected chi connectivity index (χ0v) is 17.7. The van der Waals surface area contributed by atoms with Gasteiger partial charge in [-0.3, -0.25) is 9.59 Å². The largest absolute Gasteiger partial charge is 0.507 e. The van der Waals surface area contributed by atoms with E-state index in [0.717, 1.165) is 5.56 Å². The Morgan fingerprint density at radius 3 is 2.67 bits per heavy atom. The van der Waals surface area contributed by atoms with Gasteiger partial charge in [0.1, 0.15) is 23.3 Å². The second-order valence-electron chi connectivity index (χ2n) is 7.48. The molecule has 0 radical (unpaired) electrons. The summed E-state index contributed by atoms with van der Waals surface area (Å²) in [5, 5.41) is 11.1. The number of furan rings is 1. The van der Waals surface area contributed by atoms with Crippen molar-refractivity contribution in [3.05, 3.63) is 59.1 Å². The van der Waals surface area contributed by atoms with E-state index in [0.29, 0.717) is 36.6 Å². The third-order valence-corrected chi connectivity index (χ3v) is 4.96. The molecule has 1 amide bonds. The minimum Gasteiger partial charge on any atom is -0.507 e. The quantitative estimate of drug-likeness (QED) is 0.306. The topological polar surface area (TPSA) is 89.2 Å². The van der Waals surface area contributed by atoms with Crippen LogP contribution in [0.4, 0.5) is 0 Å². The molecular weight excluding hydrogens is 386 g/mol. The number of likely N-dealkylation sites (tertiary alicyclic amines) is 1. The molecule has 30 heavy (non-hydrogen) atoms. The average molecular weight is 413 g/mol. The highest BCUT2D eigenvalue weighted by Gasteiger charge is 2.47. The maximum absolute atomic E-state index is 12.9. The van der Waals surface area contributed by atoms with Crippen LogP contribution in [0.5, 0.6) is 5.75 Å². The number of aliphatic hydroxyl groups excluding tert-OH is 1. The van der Waals surface area contributed by atoms with Crippen LogP contribution in [0, 0.1) is 6.92 Å². The Bertz CT molecular complexity index is 945. The lowest BCUT2D eigenvalue weighted by Crippen LogP contribution is -2.31. The van der Waals surface area contributed by atoms with E-state index < -0.39 is 17.7 Å². The zero-order valence-electron chi connectivity index (χ0n) is 17.7. The smallest absolute Gasteiger partial charge is 0.295 e. The lowest BCUT2D eigenvalue weighted by Gasteiger charge is -2.23. The van der Waals surface area contributed by atoms with Crippen LogP contribution in [0.3, 0.4) is 0 Å². The van der Waals surface area contributed by atoms with Gasteiger partial charge in [-0.2, -0.15) is 0 Å². The molecule has 2 aromatic rings. The molecule has 7 nitrogen and oxygen atoms in total. The fourth-order valence-corrected chi connectivity index (χ4v) is 3.56. The fraction of sp³-hybridized carbons (Fsp3) is 0.391. The number of carbonyl (C=O) groups excluding carboxylic acids is 2. The molecule has 1 N–H and O–H groups in total.